The SMILES string of the molecule is C=C(CSc1nnnn1-c1ccccc1)c1ccc2c(c1)OCO2. The molecule has 1 aliphatic rings. The van der Waals surface area contributed by atoms with Crippen LogP contribution in [0.25, 0.3) is 11.3 Å². The predicted molar refractivity (Wildman–Crippen MR) is 91.5 cm³/mol. The van der Waals surface area contributed by atoms with E-state index in [9.17, 15) is 0 Å². The van der Waals surface area contributed by atoms with Crippen molar-refractivity contribution in [1.29, 1.82) is 0 Å². The summed E-state index contributed by atoms with van der Waals surface area (Å²) in [5, 5.41) is 12.6. The molecule has 2 heterocycles. The van der Waals surface area contributed by atoms with Crippen LogP contribution in [0.5, 0.6) is 11.5 Å². The second-order valence-corrected chi connectivity index (χ2v) is 6.11. The van der Waals surface area contributed by atoms with Gasteiger partial charge in [0.15, 0.2) is 11.5 Å². The largest absolute Gasteiger partial charge is 0.454 e. The Bertz CT molecular complexity index is 879. The summed E-state index contributed by atoms with van der Waals surface area (Å²) in [5.41, 5.74) is 2.92. The van der Waals surface area contributed by atoms with Crippen LogP contribution in [0, 0.1) is 0 Å². The monoisotopic (exact) mass is 338 g/mol. The third-order valence-electron chi connectivity index (χ3n) is 3.60. The Morgan fingerprint density at radius 2 is 1.96 bits per heavy atom. The minimum absolute atomic E-state index is 0.270. The molecule has 0 saturated heterocycles. The molecule has 0 aliphatic carbocycles. The highest BCUT2D eigenvalue weighted by atomic mass is 32.2. The standard InChI is InChI=1S/C17H14N4O2S/c1-12(13-7-8-15-16(9-13)23-11-22-15)10-24-17-18-19-20-21(17)14-5-3-2-4-6-14/h2-9H,1,10-11H2. The number of tetrazole rings is 1. The molecule has 0 atom stereocenters. The second-order valence-electron chi connectivity index (χ2n) is 5.17. The van der Waals surface area contributed by atoms with E-state index in [0.29, 0.717) is 5.75 Å². The van der Waals surface area contributed by atoms with Crippen molar-refractivity contribution in [3.63, 3.8) is 0 Å². The van der Waals surface area contributed by atoms with Crippen LogP contribution in [0.1, 0.15) is 5.56 Å². The van der Waals surface area contributed by atoms with Crippen LogP contribution < -0.4 is 9.47 Å². The maximum Gasteiger partial charge on any atom is 0.231 e. The summed E-state index contributed by atoms with van der Waals surface area (Å²) in [5.74, 6) is 2.20. The molecule has 7 heteroatoms. The summed E-state index contributed by atoms with van der Waals surface area (Å²) < 4.78 is 12.5. The molecule has 4 rings (SSSR count). The lowest BCUT2D eigenvalue weighted by Gasteiger charge is -2.07. The van der Waals surface area contributed by atoms with Gasteiger partial charge in [-0.15, -0.1) is 5.10 Å². The number of thioether (sulfide) groups is 1. The summed E-state index contributed by atoms with van der Waals surface area (Å²) in [6, 6.07) is 15.6. The molecule has 2 aromatic carbocycles. The normalized spacial score (nSPS) is 12.3. The summed E-state index contributed by atoms with van der Waals surface area (Å²) in [6.07, 6.45) is 0. The van der Waals surface area contributed by atoms with E-state index < -0.39 is 0 Å². The zero-order chi connectivity index (χ0) is 16.4. The highest BCUT2D eigenvalue weighted by Gasteiger charge is 2.15. The lowest BCUT2D eigenvalue weighted by molar-refractivity contribution is 0.174. The summed E-state index contributed by atoms with van der Waals surface area (Å²) in [6.45, 7) is 4.43. The fraction of sp³-hybridized carbons (Fsp3) is 0.118. The maximum atomic E-state index is 5.41. The summed E-state index contributed by atoms with van der Waals surface area (Å²) >= 11 is 1.54. The molecule has 3 aromatic rings. The summed E-state index contributed by atoms with van der Waals surface area (Å²) in [7, 11) is 0. The smallest absolute Gasteiger partial charge is 0.231 e. The molecular weight excluding hydrogens is 324 g/mol. The Morgan fingerprint density at radius 3 is 2.83 bits per heavy atom. The molecule has 0 unspecified atom stereocenters. The second kappa shape index (κ2) is 6.37. The van der Waals surface area contributed by atoms with Gasteiger partial charge in [0.05, 0.1) is 5.69 Å². The molecule has 1 aliphatic heterocycles. The third kappa shape index (κ3) is 2.85. The van der Waals surface area contributed by atoms with Crippen molar-refractivity contribution in [3.05, 3.63) is 60.7 Å². The van der Waals surface area contributed by atoms with Crippen LogP contribution in [-0.4, -0.2) is 32.8 Å². The molecule has 120 valence electrons. The molecule has 0 N–H and O–H groups in total. The first-order chi connectivity index (χ1) is 11.8. The van der Waals surface area contributed by atoms with Gasteiger partial charge in [0.2, 0.25) is 11.9 Å². The van der Waals surface area contributed by atoms with E-state index in [4.69, 9.17) is 9.47 Å². The first-order valence-electron chi connectivity index (χ1n) is 7.36. The van der Waals surface area contributed by atoms with E-state index in [1.807, 2.05) is 48.5 Å². The van der Waals surface area contributed by atoms with Crippen molar-refractivity contribution in [2.75, 3.05) is 12.5 Å². The molecule has 0 spiro atoms. The van der Waals surface area contributed by atoms with Crippen LogP contribution in [-0.2, 0) is 0 Å². The van der Waals surface area contributed by atoms with Crippen LogP contribution in [0.15, 0.2) is 60.3 Å². The lowest BCUT2D eigenvalue weighted by Crippen LogP contribution is -1.99. The lowest BCUT2D eigenvalue weighted by atomic mass is 10.1. The Morgan fingerprint density at radius 1 is 1.12 bits per heavy atom. The van der Waals surface area contributed by atoms with Crippen molar-refractivity contribution in [1.82, 2.24) is 20.2 Å². The number of rotatable bonds is 5. The Balaban J connectivity index is 1.48. The Kier molecular flexibility index (Phi) is 3.92. The minimum Gasteiger partial charge on any atom is -0.454 e. The van der Waals surface area contributed by atoms with E-state index in [0.717, 1.165) is 33.5 Å². The first-order valence-corrected chi connectivity index (χ1v) is 8.34. The molecule has 0 amide bonds. The van der Waals surface area contributed by atoms with Gasteiger partial charge < -0.3 is 9.47 Å². The Labute approximate surface area is 143 Å². The van der Waals surface area contributed by atoms with E-state index in [2.05, 4.69) is 22.1 Å². The van der Waals surface area contributed by atoms with Gasteiger partial charge in [-0.3, -0.25) is 0 Å². The zero-order valence-corrected chi connectivity index (χ0v) is 13.6. The van der Waals surface area contributed by atoms with Crippen molar-refractivity contribution in [2.45, 2.75) is 5.16 Å². The third-order valence-corrected chi connectivity index (χ3v) is 4.60. The van der Waals surface area contributed by atoms with Crippen molar-refractivity contribution < 1.29 is 9.47 Å². The molecule has 0 radical (unpaired) electrons. The van der Waals surface area contributed by atoms with Crippen LogP contribution in [0.3, 0.4) is 0 Å². The van der Waals surface area contributed by atoms with Gasteiger partial charge in [0.25, 0.3) is 0 Å². The van der Waals surface area contributed by atoms with Crippen LogP contribution in [0.2, 0.25) is 0 Å². The number of ether oxygens (including phenoxy) is 2. The Hall–Kier alpha value is -2.80. The van der Waals surface area contributed by atoms with Gasteiger partial charge in [0, 0.05) is 5.75 Å². The van der Waals surface area contributed by atoms with Crippen LogP contribution in [0.4, 0.5) is 0 Å². The van der Waals surface area contributed by atoms with Crippen LogP contribution >= 0.6 is 11.8 Å². The van der Waals surface area contributed by atoms with Crippen molar-refractivity contribution in [2.24, 2.45) is 0 Å². The van der Waals surface area contributed by atoms with Gasteiger partial charge in [0.1, 0.15) is 0 Å². The topological polar surface area (TPSA) is 62.1 Å². The first kappa shape index (κ1) is 14.8. The van der Waals surface area contributed by atoms with E-state index in [1.165, 1.54) is 0 Å². The fourth-order valence-electron chi connectivity index (χ4n) is 2.35. The summed E-state index contributed by atoms with van der Waals surface area (Å²) in [4.78, 5) is 0. The molecule has 0 fully saturated rings. The van der Waals surface area contributed by atoms with Gasteiger partial charge in [-0.1, -0.05) is 42.6 Å². The van der Waals surface area contributed by atoms with Crippen molar-refractivity contribution in [3.8, 4) is 17.2 Å². The number of para-hydroxylation sites is 1. The number of aromatic nitrogens is 4. The molecular formula is C17H14N4O2S. The zero-order valence-electron chi connectivity index (χ0n) is 12.8. The molecule has 0 saturated carbocycles. The highest BCUT2D eigenvalue weighted by Crippen LogP contribution is 2.35. The van der Waals surface area contributed by atoms with E-state index >= 15 is 0 Å². The number of hydrogen-bond donors (Lipinski definition) is 0. The van der Waals surface area contributed by atoms with E-state index in [-0.39, 0.29) is 6.79 Å². The fourth-order valence-corrected chi connectivity index (χ4v) is 3.18. The van der Waals surface area contributed by atoms with Crippen molar-refractivity contribution >= 4 is 17.3 Å². The number of hydrogen-bond acceptors (Lipinski definition) is 6. The average molecular weight is 338 g/mol. The quantitative estimate of drug-likeness (QED) is 0.666. The molecule has 1 aromatic heterocycles. The average Bonchev–Trinajstić information content (AvgIpc) is 3.28. The highest BCUT2D eigenvalue weighted by molar-refractivity contribution is 7.99. The molecule has 24 heavy (non-hydrogen) atoms. The minimum atomic E-state index is 0.270. The van der Waals surface area contributed by atoms with Gasteiger partial charge in [-0.25, -0.2) is 0 Å². The number of fused-ring (bicyclic) bond motifs is 1. The maximum absolute atomic E-state index is 5.41. The van der Waals surface area contributed by atoms with Gasteiger partial charge in [-0.2, -0.15) is 4.68 Å². The molecule has 6 nitrogen and oxygen atoms in total. The molecule has 0 bridgehead atoms. The predicted octanol–water partition coefficient (Wildman–Crippen LogP) is 3.20. The number of nitrogens with zero attached hydrogens (tertiary/aromatic N) is 4. The van der Waals surface area contributed by atoms with E-state index in [1.54, 1.807) is 16.4 Å². The van der Waals surface area contributed by atoms with Gasteiger partial charge >= 0.3 is 0 Å². The number of benzene rings is 2. The van der Waals surface area contributed by atoms with Gasteiger partial charge in [-0.05, 0) is 45.8 Å².